The SMILES string of the molecule is CSc1cc(NCCc2c(N)cccc2F)ccc1C. The molecule has 2 aromatic carbocycles. The molecule has 106 valence electrons. The van der Waals surface area contributed by atoms with Gasteiger partial charge < -0.3 is 11.1 Å². The number of rotatable bonds is 5. The van der Waals surface area contributed by atoms with E-state index >= 15 is 0 Å². The Labute approximate surface area is 123 Å². The van der Waals surface area contributed by atoms with Gasteiger partial charge in [0.1, 0.15) is 5.82 Å². The predicted octanol–water partition coefficient (Wildman–Crippen LogP) is 4.09. The number of nitrogen functional groups attached to an aromatic ring is 1. The van der Waals surface area contributed by atoms with Gasteiger partial charge in [-0.25, -0.2) is 4.39 Å². The van der Waals surface area contributed by atoms with Gasteiger partial charge in [-0.3, -0.25) is 0 Å². The lowest BCUT2D eigenvalue weighted by Gasteiger charge is -2.11. The maximum absolute atomic E-state index is 13.6. The lowest BCUT2D eigenvalue weighted by molar-refractivity contribution is 0.612. The number of benzene rings is 2. The molecular weight excluding hydrogens is 271 g/mol. The van der Waals surface area contributed by atoms with Crippen LogP contribution in [0, 0.1) is 12.7 Å². The minimum Gasteiger partial charge on any atom is -0.398 e. The van der Waals surface area contributed by atoms with Crippen LogP contribution in [0.5, 0.6) is 0 Å². The van der Waals surface area contributed by atoms with E-state index in [1.165, 1.54) is 16.5 Å². The number of nitrogens with one attached hydrogen (secondary N) is 1. The third-order valence-electron chi connectivity index (χ3n) is 3.27. The number of aryl methyl sites for hydroxylation is 1. The van der Waals surface area contributed by atoms with Crippen molar-refractivity contribution in [1.82, 2.24) is 0 Å². The molecule has 0 aliphatic carbocycles. The van der Waals surface area contributed by atoms with Gasteiger partial charge in [-0.15, -0.1) is 11.8 Å². The summed E-state index contributed by atoms with van der Waals surface area (Å²) in [4.78, 5) is 1.25. The second-order valence-electron chi connectivity index (χ2n) is 4.67. The van der Waals surface area contributed by atoms with E-state index in [-0.39, 0.29) is 5.82 Å². The van der Waals surface area contributed by atoms with Gasteiger partial charge in [0.05, 0.1) is 0 Å². The fraction of sp³-hybridized carbons (Fsp3) is 0.250. The van der Waals surface area contributed by atoms with Crippen molar-refractivity contribution in [1.29, 1.82) is 0 Å². The molecule has 3 N–H and O–H groups in total. The van der Waals surface area contributed by atoms with E-state index in [2.05, 4.69) is 30.6 Å². The number of hydrogen-bond acceptors (Lipinski definition) is 3. The highest BCUT2D eigenvalue weighted by atomic mass is 32.2. The summed E-state index contributed by atoms with van der Waals surface area (Å²) in [6, 6.07) is 11.1. The Morgan fingerprint density at radius 1 is 1.25 bits per heavy atom. The Morgan fingerprint density at radius 2 is 2.05 bits per heavy atom. The molecule has 0 unspecified atom stereocenters. The quantitative estimate of drug-likeness (QED) is 0.643. The Balaban J connectivity index is 1.99. The molecule has 0 saturated carbocycles. The van der Waals surface area contributed by atoms with E-state index in [0.29, 0.717) is 24.2 Å². The van der Waals surface area contributed by atoms with Crippen LogP contribution in [0.3, 0.4) is 0 Å². The molecule has 0 spiro atoms. The van der Waals surface area contributed by atoms with E-state index in [1.54, 1.807) is 23.9 Å². The molecule has 0 aliphatic heterocycles. The van der Waals surface area contributed by atoms with Crippen molar-refractivity contribution in [3.63, 3.8) is 0 Å². The van der Waals surface area contributed by atoms with Crippen molar-refractivity contribution in [3.8, 4) is 0 Å². The molecule has 4 heteroatoms. The zero-order valence-electron chi connectivity index (χ0n) is 11.7. The van der Waals surface area contributed by atoms with Crippen LogP contribution in [0.15, 0.2) is 41.3 Å². The Hall–Kier alpha value is -1.68. The van der Waals surface area contributed by atoms with E-state index in [9.17, 15) is 4.39 Å². The van der Waals surface area contributed by atoms with Gasteiger partial charge in [-0.1, -0.05) is 12.1 Å². The van der Waals surface area contributed by atoms with Crippen LogP contribution in [0.4, 0.5) is 15.8 Å². The summed E-state index contributed by atoms with van der Waals surface area (Å²) in [5.41, 5.74) is 9.21. The summed E-state index contributed by atoms with van der Waals surface area (Å²) in [6.45, 7) is 2.75. The first kappa shape index (κ1) is 14.7. The molecule has 0 aromatic heterocycles. The van der Waals surface area contributed by atoms with Gasteiger partial charge in [-0.05, 0) is 49.4 Å². The molecule has 0 bridgehead atoms. The number of nitrogens with two attached hydrogens (primary N) is 1. The van der Waals surface area contributed by atoms with Crippen molar-refractivity contribution >= 4 is 23.1 Å². The van der Waals surface area contributed by atoms with E-state index in [1.807, 2.05) is 6.07 Å². The fourth-order valence-electron chi connectivity index (χ4n) is 2.10. The van der Waals surface area contributed by atoms with E-state index in [0.717, 1.165) is 5.69 Å². The highest BCUT2D eigenvalue weighted by Crippen LogP contribution is 2.24. The van der Waals surface area contributed by atoms with Crippen molar-refractivity contribution < 1.29 is 4.39 Å². The average molecular weight is 290 g/mol. The number of thioether (sulfide) groups is 1. The summed E-state index contributed by atoms with van der Waals surface area (Å²) >= 11 is 1.72. The van der Waals surface area contributed by atoms with E-state index in [4.69, 9.17) is 5.73 Å². The summed E-state index contributed by atoms with van der Waals surface area (Å²) in [5, 5.41) is 3.31. The largest absolute Gasteiger partial charge is 0.398 e. The molecule has 20 heavy (non-hydrogen) atoms. The van der Waals surface area contributed by atoms with Gasteiger partial charge in [0.25, 0.3) is 0 Å². The lowest BCUT2D eigenvalue weighted by Crippen LogP contribution is -2.08. The summed E-state index contributed by atoms with van der Waals surface area (Å²) in [7, 11) is 0. The molecule has 2 nitrogen and oxygen atoms in total. The molecule has 2 rings (SSSR count). The summed E-state index contributed by atoms with van der Waals surface area (Å²) < 4.78 is 13.6. The Kier molecular flexibility index (Phi) is 4.90. The normalized spacial score (nSPS) is 10.6. The highest BCUT2D eigenvalue weighted by Gasteiger charge is 2.05. The molecule has 0 amide bonds. The zero-order chi connectivity index (χ0) is 14.5. The third-order valence-corrected chi connectivity index (χ3v) is 4.15. The molecule has 0 heterocycles. The number of hydrogen-bond donors (Lipinski definition) is 2. The smallest absolute Gasteiger partial charge is 0.128 e. The molecule has 0 aliphatic rings. The van der Waals surface area contributed by atoms with Crippen LogP contribution in [0.1, 0.15) is 11.1 Å². The van der Waals surface area contributed by atoms with Crippen molar-refractivity contribution in [2.45, 2.75) is 18.2 Å². The molecule has 2 aromatic rings. The van der Waals surface area contributed by atoms with Gasteiger partial charge in [0, 0.05) is 28.4 Å². The molecule has 0 fully saturated rings. The second kappa shape index (κ2) is 6.66. The van der Waals surface area contributed by atoms with Gasteiger partial charge in [-0.2, -0.15) is 0 Å². The highest BCUT2D eigenvalue weighted by molar-refractivity contribution is 7.98. The molecule has 0 atom stereocenters. The van der Waals surface area contributed by atoms with Gasteiger partial charge in [0.15, 0.2) is 0 Å². The van der Waals surface area contributed by atoms with Crippen LogP contribution < -0.4 is 11.1 Å². The van der Waals surface area contributed by atoms with Crippen molar-refractivity contribution in [2.75, 3.05) is 23.9 Å². The first-order chi connectivity index (χ1) is 9.61. The first-order valence-electron chi connectivity index (χ1n) is 6.53. The third kappa shape index (κ3) is 3.45. The van der Waals surface area contributed by atoms with Crippen LogP contribution in [0.25, 0.3) is 0 Å². The second-order valence-corrected chi connectivity index (χ2v) is 5.52. The minimum atomic E-state index is -0.236. The molecule has 0 radical (unpaired) electrons. The minimum absolute atomic E-state index is 0.236. The molecular formula is C16H19FN2S. The maximum atomic E-state index is 13.6. The zero-order valence-corrected chi connectivity index (χ0v) is 12.6. The van der Waals surface area contributed by atoms with Crippen LogP contribution in [-0.2, 0) is 6.42 Å². The number of halogens is 1. The topological polar surface area (TPSA) is 38.0 Å². The van der Waals surface area contributed by atoms with Crippen molar-refractivity contribution in [3.05, 3.63) is 53.3 Å². The first-order valence-corrected chi connectivity index (χ1v) is 7.75. The van der Waals surface area contributed by atoms with E-state index < -0.39 is 0 Å². The standard InChI is InChI=1S/C16H19FN2S/c1-11-6-7-12(10-16(11)20-2)19-9-8-13-14(17)4-3-5-15(13)18/h3-7,10,19H,8-9,18H2,1-2H3. The summed E-state index contributed by atoms with van der Waals surface area (Å²) in [5.74, 6) is -0.236. The lowest BCUT2D eigenvalue weighted by atomic mass is 10.1. The molecule has 0 saturated heterocycles. The van der Waals surface area contributed by atoms with Crippen LogP contribution >= 0.6 is 11.8 Å². The predicted molar refractivity (Wildman–Crippen MR) is 86.0 cm³/mol. The number of anilines is 2. The Morgan fingerprint density at radius 3 is 2.75 bits per heavy atom. The average Bonchev–Trinajstić information content (AvgIpc) is 2.44. The van der Waals surface area contributed by atoms with Gasteiger partial charge in [0.2, 0.25) is 0 Å². The Bertz CT molecular complexity index is 579. The van der Waals surface area contributed by atoms with Gasteiger partial charge >= 0.3 is 0 Å². The fourth-order valence-corrected chi connectivity index (χ4v) is 2.74. The van der Waals surface area contributed by atoms with Crippen molar-refractivity contribution in [2.24, 2.45) is 0 Å². The monoisotopic (exact) mass is 290 g/mol. The van der Waals surface area contributed by atoms with Crippen LogP contribution in [0.2, 0.25) is 0 Å². The van der Waals surface area contributed by atoms with Crippen LogP contribution in [-0.4, -0.2) is 12.8 Å². The summed E-state index contributed by atoms with van der Waals surface area (Å²) in [6.07, 6.45) is 2.63. The maximum Gasteiger partial charge on any atom is 0.128 e.